The molecule has 0 radical (unpaired) electrons. The van der Waals surface area contributed by atoms with E-state index in [0.29, 0.717) is 11.8 Å². The Bertz CT molecular complexity index is 653. The first-order valence-electron chi connectivity index (χ1n) is 8.45. The lowest BCUT2D eigenvalue weighted by Gasteiger charge is -2.37. The monoisotopic (exact) mass is 327 g/mol. The number of hydrogen-bond donors (Lipinski definition) is 2. The molecule has 1 saturated heterocycles. The fourth-order valence-corrected chi connectivity index (χ4v) is 2.93. The van der Waals surface area contributed by atoms with Crippen LogP contribution in [-0.4, -0.2) is 57.5 Å². The minimum Gasteiger partial charge on any atom is -0.368 e. The SMILES string of the molecule is CCN1CCN(C(C)c2nc(N)nc(Nc3ccccc3)n2)CC1. The van der Waals surface area contributed by atoms with E-state index in [2.05, 4.69) is 43.9 Å². The number of nitrogens with two attached hydrogens (primary N) is 1. The number of para-hydroxylation sites is 1. The Morgan fingerprint density at radius 3 is 2.46 bits per heavy atom. The van der Waals surface area contributed by atoms with E-state index in [4.69, 9.17) is 5.73 Å². The summed E-state index contributed by atoms with van der Waals surface area (Å²) in [5.74, 6) is 1.45. The number of likely N-dealkylation sites (N-methyl/N-ethyl adjacent to an activating group) is 1. The number of piperazine rings is 1. The molecule has 1 aromatic heterocycles. The Balaban J connectivity index is 1.73. The molecule has 0 bridgehead atoms. The molecule has 7 nitrogen and oxygen atoms in total. The molecule has 1 aliphatic rings. The summed E-state index contributed by atoms with van der Waals surface area (Å²) in [6.07, 6.45) is 0. The summed E-state index contributed by atoms with van der Waals surface area (Å²) in [4.78, 5) is 18.0. The normalized spacial score (nSPS) is 17.6. The number of nitrogen functional groups attached to an aromatic ring is 1. The first-order chi connectivity index (χ1) is 11.7. The molecule has 128 valence electrons. The summed E-state index contributed by atoms with van der Waals surface area (Å²) in [7, 11) is 0. The van der Waals surface area contributed by atoms with Gasteiger partial charge in [0.2, 0.25) is 11.9 Å². The fourth-order valence-electron chi connectivity index (χ4n) is 2.93. The van der Waals surface area contributed by atoms with Crippen LogP contribution in [0.4, 0.5) is 17.6 Å². The van der Waals surface area contributed by atoms with E-state index in [-0.39, 0.29) is 12.0 Å². The summed E-state index contributed by atoms with van der Waals surface area (Å²) in [6.45, 7) is 9.62. The minimum absolute atomic E-state index is 0.116. The van der Waals surface area contributed by atoms with Gasteiger partial charge < -0.3 is 16.0 Å². The van der Waals surface area contributed by atoms with Gasteiger partial charge in [-0.1, -0.05) is 25.1 Å². The highest BCUT2D eigenvalue weighted by atomic mass is 15.3. The van der Waals surface area contributed by atoms with Gasteiger partial charge in [0.25, 0.3) is 0 Å². The van der Waals surface area contributed by atoms with Gasteiger partial charge >= 0.3 is 0 Å². The Hall–Kier alpha value is -2.25. The van der Waals surface area contributed by atoms with Crippen molar-refractivity contribution in [3.05, 3.63) is 36.2 Å². The van der Waals surface area contributed by atoms with E-state index >= 15 is 0 Å². The summed E-state index contributed by atoms with van der Waals surface area (Å²) >= 11 is 0. The van der Waals surface area contributed by atoms with Crippen molar-refractivity contribution < 1.29 is 0 Å². The largest absolute Gasteiger partial charge is 0.368 e. The standard InChI is InChI=1S/C17H25N7/c1-3-23-9-11-24(12-10-23)13(2)15-20-16(18)22-17(21-15)19-14-7-5-4-6-8-14/h4-8,13H,3,9-12H2,1-2H3,(H3,18,19,20,21,22). The third kappa shape index (κ3) is 3.98. The van der Waals surface area contributed by atoms with Crippen molar-refractivity contribution in [2.75, 3.05) is 43.8 Å². The molecule has 1 aliphatic heterocycles. The second kappa shape index (κ2) is 7.55. The molecule has 3 rings (SSSR count). The zero-order chi connectivity index (χ0) is 16.9. The number of benzene rings is 1. The Kier molecular flexibility index (Phi) is 5.22. The average Bonchev–Trinajstić information content (AvgIpc) is 2.61. The van der Waals surface area contributed by atoms with Crippen LogP contribution in [0.25, 0.3) is 0 Å². The van der Waals surface area contributed by atoms with E-state index < -0.39 is 0 Å². The number of nitrogens with one attached hydrogen (secondary N) is 1. The number of nitrogens with zero attached hydrogens (tertiary/aromatic N) is 5. The highest BCUT2D eigenvalue weighted by Gasteiger charge is 2.23. The quantitative estimate of drug-likeness (QED) is 0.867. The van der Waals surface area contributed by atoms with Crippen molar-refractivity contribution in [2.45, 2.75) is 19.9 Å². The van der Waals surface area contributed by atoms with Crippen LogP contribution in [0.3, 0.4) is 0 Å². The predicted octanol–water partition coefficient (Wildman–Crippen LogP) is 1.90. The van der Waals surface area contributed by atoms with Crippen molar-refractivity contribution >= 4 is 17.6 Å². The molecule has 24 heavy (non-hydrogen) atoms. The molecule has 0 saturated carbocycles. The average molecular weight is 327 g/mol. The Morgan fingerprint density at radius 1 is 1.08 bits per heavy atom. The second-order valence-corrected chi connectivity index (χ2v) is 6.01. The van der Waals surface area contributed by atoms with Gasteiger partial charge in [-0.3, -0.25) is 4.90 Å². The minimum atomic E-state index is 0.116. The number of aromatic nitrogens is 3. The molecule has 7 heteroatoms. The van der Waals surface area contributed by atoms with Crippen LogP contribution in [-0.2, 0) is 0 Å². The van der Waals surface area contributed by atoms with Gasteiger partial charge in [0.1, 0.15) is 0 Å². The van der Waals surface area contributed by atoms with Gasteiger partial charge in [-0.05, 0) is 25.6 Å². The molecule has 0 aliphatic carbocycles. The maximum Gasteiger partial charge on any atom is 0.232 e. The van der Waals surface area contributed by atoms with Gasteiger partial charge in [0, 0.05) is 31.9 Å². The summed E-state index contributed by atoms with van der Waals surface area (Å²) < 4.78 is 0. The molecular formula is C17H25N7. The fraction of sp³-hybridized carbons (Fsp3) is 0.471. The molecule has 2 heterocycles. The third-order valence-electron chi connectivity index (χ3n) is 4.48. The summed E-state index contributed by atoms with van der Waals surface area (Å²) in [5.41, 5.74) is 6.82. The zero-order valence-electron chi connectivity index (χ0n) is 14.3. The lowest BCUT2D eigenvalue weighted by molar-refractivity contribution is 0.103. The summed E-state index contributed by atoms with van der Waals surface area (Å²) in [5, 5.41) is 3.19. The molecule has 1 unspecified atom stereocenters. The highest BCUT2D eigenvalue weighted by Crippen LogP contribution is 2.21. The number of anilines is 3. The van der Waals surface area contributed by atoms with Gasteiger partial charge in [-0.15, -0.1) is 0 Å². The van der Waals surface area contributed by atoms with Crippen molar-refractivity contribution in [3.8, 4) is 0 Å². The van der Waals surface area contributed by atoms with E-state index in [0.717, 1.165) is 38.4 Å². The van der Waals surface area contributed by atoms with Crippen LogP contribution >= 0.6 is 0 Å². The van der Waals surface area contributed by atoms with Gasteiger partial charge in [-0.25, -0.2) is 0 Å². The van der Waals surface area contributed by atoms with Crippen LogP contribution in [0, 0.1) is 0 Å². The maximum absolute atomic E-state index is 5.90. The Labute approximate surface area is 142 Å². The molecule has 1 aromatic carbocycles. The van der Waals surface area contributed by atoms with E-state index in [1.165, 1.54) is 0 Å². The molecule has 0 amide bonds. The van der Waals surface area contributed by atoms with Crippen molar-refractivity contribution in [1.82, 2.24) is 24.8 Å². The lowest BCUT2D eigenvalue weighted by atomic mass is 10.2. The first-order valence-corrected chi connectivity index (χ1v) is 8.45. The Morgan fingerprint density at radius 2 is 1.79 bits per heavy atom. The van der Waals surface area contributed by atoms with Gasteiger partial charge in [0.15, 0.2) is 5.82 Å². The predicted molar refractivity (Wildman–Crippen MR) is 96.1 cm³/mol. The number of rotatable bonds is 5. The zero-order valence-corrected chi connectivity index (χ0v) is 14.3. The first kappa shape index (κ1) is 16.6. The molecule has 2 aromatic rings. The van der Waals surface area contributed by atoms with Crippen LogP contribution in [0.5, 0.6) is 0 Å². The van der Waals surface area contributed by atoms with Crippen molar-refractivity contribution in [3.63, 3.8) is 0 Å². The van der Waals surface area contributed by atoms with E-state index in [9.17, 15) is 0 Å². The van der Waals surface area contributed by atoms with Crippen LogP contribution in [0.2, 0.25) is 0 Å². The van der Waals surface area contributed by atoms with Crippen LogP contribution < -0.4 is 11.1 Å². The van der Waals surface area contributed by atoms with E-state index in [1.54, 1.807) is 0 Å². The highest BCUT2D eigenvalue weighted by molar-refractivity contribution is 5.53. The number of hydrogen-bond acceptors (Lipinski definition) is 7. The molecule has 3 N–H and O–H groups in total. The second-order valence-electron chi connectivity index (χ2n) is 6.01. The van der Waals surface area contributed by atoms with Gasteiger partial charge in [-0.2, -0.15) is 15.0 Å². The third-order valence-corrected chi connectivity index (χ3v) is 4.48. The molecule has 0 spiro atoms. The maximum atomic E-state index is 5.90. The summed E-state index contributed by atoms with van der Waals surface area (Å²) in [6, 6.07) is 9.94. The topological polar surface area (TPSA) is 83.2 Å². The molecule has 1 fully saturated rings. The smallest absolute Gasteiger partial charge is 0.232 e. The van der Waals surface area contributed by atoms with Crippen LogP contribution in [0.15, 0.2) is 30.3 Å². The van der Waals surface area contributed by atoms with E-state index in [1.807, 2.05) is 30.3 Å². The molecular weight excluding hydrogens is 302 g/mol. The van der Waals surface area contributed by atoms with Crippen LogP contribution in [0.1, 0.15) is 25.7 Å². The van der Waals surface area contributed by atoms with Gasteiger partial charge in [0.05, 0.1) is 6.04 Å². The van der Waals surface area contributed by atoms with Crippen molar-refractivity contribution in [2.24, 2.45) is 0 Å². The molecule has 1 atom stereocenters. The lowest BCUT2D eigenvalue weighted by Crippen LogP contribution is -2.47. The van der Waals surface area contributed by atoms with Crippen molar-refractivity contribution in [1.29, 1.82) is 0 Å².